The van der Waals surface area contributed by atoms with Crippen molar-refractivity contribution in [2.45, 2.75) is 6.92 Å². The van der Waals surface area contributed by atoms with E-state index in [0.717, 1.165) is 5.56 Å². The molecule has 0 unspecified atom stereocenters. The maximum atomic E-state index is 8.41. The predicted octanol–water partition coefficient (Wildman–Crippen LogP) is 1.90. The Balaban J connectivity index is 3.05. The van der Waals surface area contributed by atoms with Crippen LogP contribution in [0.15, 0.2) is 18.2 Å². The van der Waals surface area contributed by atoms with Crippen molar-refractivity contribution in [2.75, 3.05) is 12.4 Å². The molecule has 0 saturated heterocycles. The number of rotatable bonds is 2. The van der Waals surface area contributed by atoms with Gasteiger partial charge in [-0.25, -0.2) is 0 Å². The van der Waals surface area contributed by atoms with Crippen molar-refractivity contribution in [3.63, 3.8) is 0 Å². The van der Waals surface area contributed by atoms with Gasteiger partial charge in [0.05, 0.1) is 12.8 Å². The van der Waals surface area contributed by atoms with Gasteiger partial charge in [0.15, 0.2) is 6.19 Å². The van der Waals surface area contributed by atoms with E-state index in [1.807, 2.05) is 31.3 Å². The van der Waals surface area contributed by atoms with Gasteiger partial charge in [0, 0.05) is 0 Å². The Hall–Kier alpha value is -1.69. The van der Waals surface area contributed by atoms with Gasteiger partial charge >= 0.3 is 0 Å². The number of nitrogens with one attached hydrogen (secondary N) is 1. The Bertz CT molecular complexity index is 315. The maximum absolute atomic E-state index is 8.41. The van der Waals surface area contributed by atoms with Gasteiger partial charge in [0.2, 0.25) is 0 Å². The fraction of sp³-hybridized carbons (Fsp3) is 0.222. The Kier molecular flexibility index (Phi) is 2.54. The lowest BCUT2D eigenvalue weighted by molar-refractivity contribution is 0.416. The fourth-order valence-corrected chi connectivity index (χ4v) is 0.980. The number of hydrogen-bond acceptors (Lipinski definition) is 3. The van der Waals surface area contributed by atoms with E-state index in [9.17, 15) is 0 Å². The molecule has 0 bridgehead atoms. The standard InChI is InChI=1S/C9H10N2O/c1-7-3-4-9(12-2)8(5-7)11-6-10/h3-5,11H,1-2H3. The third kappa shape index (κ3) is 1.67. The summed E-state index contributed by atoms with van der Waals surface area (Å²) in [6.07, 6.45) is 1.86. The maximum Gasteiger partial charge on any atom is 0.181 e. The van der Waals surface area contributed by atoms with Gasteiger partial charge < -0.3 is 4.74 Å². The molecule has 0 atom stereocenters. The minimum absolute atomic E-state index is 0.683. The van der Waals surface area contributed by atoms with Crippen LogP contribution in [-0.2, 0) is 0 Å². The summed E-state index contributed by atoms with van der Waals surface area (Å²) in [6, 6.07) is 5.62. The molecule has 1 aromatic rings. The number of anilines is 1. The minimum Gasteiger partial charge on any atom is -0.495 e. The molecule has 0 saturated carbocycles. The molecule has 0 aliphatic carbocycles. The molecule has 0 spiro atoms. The molecular weight excluding hydrogens is 152 g/mol. The van der Waals surface area contributed by atoms with Gasteiger partial charge in [0.25, 0.3) is 0 Å². The summed E-state index contributed by atoms with van der Waals surface area (Å²) in [6.45, 7) is 1.96. The lowest BCUT2D eigenvalue weighted by Crippen LogP contribution is -1.93. The minimum atomic E-state index is 0.683. The number of hydrogen-bond donors (Lipinski definition) is 1. The van der Waals surface area contributed by atoms with Gasteiger partial charge in [-0.15, -0.1) is 0 Å². The summed E-state index contributed by atoms with van der Waals surface area (Å²) in [7, 11) is 1.58. The number of benzene rings is 1. The third-order valence-electron chi connectivity index (χ3n) is 1.55. The molecule has 0 radical (unpaired) electrons. The normalized spacial score (nSPS) is 8.75. The molecule has 0 heterocycles. The molecule has 0 fully saturated rings. The van der Waals surface area contributed by atoms with Gasteiger partial charge in [-0.1, -0.05) is 6.07 Å². The van der Waals surface area contributed by atoms with Crippen molar-refractivity contribution >= 4 is 5.69 Å². The van der Waals surface area contributed by atoms with Gasteiger partial charge in [-0.05, 0) is 24.6 Å². The van der Waals surface area contributed by atoms with Crippen LogP contribution in [0.5, 0.6) is 5.75 Å². The first-order chi connectivity index (χ1) is 5.77. The van der Waals surface area contributed by atoms with Crippen LogP contribution in [0.1, 0.15) is 5.56 Å². The van der Waals surface area contributed by atoms with Crippen molar-refractivity contribution in [3.05, 3.63) is 23.8 Å². The number of nitriles is 1. The van der Waals surface area contributed by atoms with Crippen LogP contribution in [0.3, 0.4) is 0 Å². The van der Waals surface area contributed by atoms with Crippen LogP contribution in [0.4, 0.5) is 5.69 Å². The van der Waals surface area contributed by atoms with Gasteiger partial charge in [-0.2, -0.15) is 5.26 Å². The van der Waals surface area contributed by atoms with E-state index in [0.29, 0.717) is 11.4 Å². The first kappa shape index (κ1) is 8.41. The smallest absolute Gasteiger partial charge is 0.181 e. The summed E-state index contributed by atoms with van der Waals surface area (Å²) in [5.74, 6) is 0.683. The molecule has 0 amide bonds. The first-order valence-corrected chi connectivity index (χ1v) is 3.57. The average molecular weight is 162 g/mol. The highest BCUT2D eigenvalue weighted by Crippen LogP contribution is 2.24. The Morgan fingerprint density at radius 3 is 2.83 bits per heavy atom. The molecule has 1 N–H and O–H groups in total. The second-order valence-corrected chi connectivity index (χ2v) is 2.44. The highest BCUT2D eigenvalue weighted by molar-refractivity contribution is 5.59. The highest BCUT2D eigenvalue weighted by Gasteiger charge is 2.00. The number of methoxy groups -OCH3 is 1. The predicted molar refractivity (Wildman–Crippen MR) is 47.0 cm³/mol. The lowest BCUT2D eigenvalue weighted by Gasteiger charge is -2.06. The van der Waals surface area contributed by atoms with Crippen LogP contribution in [0, 0.1) is 18.4 Å². The van der Waals surface area contributed by atoms with E-state index in [-0.39, 0.29) is 0 Å². The van der Waals surface area contributed by atoms with Crippen LogP contribution >= 0.6 is 0 Å². The Morgan fingerprint density at radius 2 is 2.25 bits per heavy atom. The highest BCUT2D eigenvalue weighted by atomic mass is 16.5. The van der Waals surface area contributed by atoms with Crippen LogP contribution in [-0.4, -0.2) is 7.11 Å². The van der Waals surface area contributed by atoms with E-state index in [1.54, 1.807) is 7.11 Å². The zero-order valence-corrected chi connectivity index (χ0v) is 7.09. The molecule has 0 aliphatic rings. The molecular formula is C9H10N2O. The second-order valence-electron chi connectivity index (χ2n) is 2.44. The second kappa shape index (κ2) is 3.63. The van der Waals surface area contributed by atoms with Crippen molar-refractivity contribution in [3.8, 4) is 11.9 Å². The molecule has 12 heavy (non-hydrogen) atoms. The van der Waals surface area contributed by atoms with Crippen LogP contribution in [0.2, 0.25) is 0 Å². The number of aryl methyl sites for hydroxylation is 1. The molecule has 3 nitrogen and oxygen atoms in total. The molecule has 1 aromatic carbocycles. The van der Waals surface area contributed by atoms with E-state index in [2.05, 4.69) is 5.32 Å². The quantitative estimate of drug-likeness (QED) is 0.533. The molecule has 1 rings (SSSR count). The van der Waals surface area contributed by atoms with E-state index in [1.165, 1.54) is 0 Å². The zero-order chi connectivity index (χ0) is 8.97. The Labute approximate surface area is 71.6 Å². The zero-order valence-electron chi connectivity index (χ0n) is 7.09. The molecule has 62 valence electrons. The summed E-state index contributed by atoms with van der Waals surface area (Å²) in [5, 5.41) is 11.0. The van der Waals surface area contributed by atoms with Crippen molar-refractivity contribution < 1.29 is 4.74 Å². The van der Waals surface area contributed by atoms with Crippen molar-refractivity contribution in [1.29, 1.82) is 5.26 Å². The van der Waals surface area contributed by atoms with Crippen molar-refractivity contribution in [1.82, 2.24) is 0 Å². The number of ether oxygens (including phenoxy) is 1. The van der Waals surface area contributed by atoms with Gasteiger partial charge in [-0.3, -0.25) is 5.32 Å². The largest absolute Gasteiger partial charge is 0.495 e. The van der Waals surface area contributed by atoms with Crippen LogP contribution < -0.4 is 10.1 Å². The summed E-state index contributed by atoms with van der Waals surface area (Å²) in [4.78, 5) is 0. The van der Waals surface area contributed by atoms with Crippen molar-refractivity contribution in [2.24, 2.45) is 0 Å². The summed E-state index contributed by atoms with van der Waals surface area (Å²) in [5.41, 5.74) is 1.80. The van der Waals surface area contributed by atoms with Crippen LogP contribution in [0.25, 0.3) is 0 Å². The fourth-order valence-electron chi connectivity index (χ4n) is 0.980. The Morgan fingerprint density at radius 1 is 1.50 bits per heavy atom. The summed E-state index contributed by atoms with van der Waals surface area (Å²) < 4.78 is 5.04. The lowest BCUT2D eigenvalue weighted by atomic mass is 10.2. The SMILES string of the molecule is COc1ccc(C)cc1NC#N. The summed E-state index contributed by atoms with van der Waals surface area (Å²) >= 11 is 0. The third-order valence-corrected chi connectivity index (χ3v) is 1.55. The molecule has 0 aliphatic heterocycles. The first-order valence-electron chi connectivity index (χ1n) is 3.57. The van der Waals surface area contributed by atoms with E-state index < -0.39 is 0 Å². The van der Waals surface area contributed by atoms with E-state index >= 15 is 0 Å². The molecule has 0 aromatic heterocycles. The topological polar surface area (TPSA) is 45.0 Å². The average Bonchev–Trinajstić information content (AvgIpc) is 2.05. The van der Waals surface area contributed by atoms with E-state index in [4.69, 9.17) is 10.00 Å². The van der Waals surface area contributed by atoms with Gasteiger partial charge in [0.1, 0.15) is 5.75 Å². The number of nitrogens with zero attached hydrogens (tertiary/aromatic N) is 1. The molecule has 3 heteroatoms. The monoisotopic (exact) mass is 162 g/mol.